The number of halogens is 1. The summed E-state index contributed by atoms with van der Waals surface area (Å²) >= 11 is 6.05. The highest BCUT2D eigenvalue weighted by molar-refractivity contribution is 6.28. The Morgan fingerprint density at radius 2 is 2.09 bits per heavy atom. The van der Waals surface area contributed by atoms with Gasteiger partial charge in [-0.05, 0) is 52.6 Å². The van der Waals surface area contributed by atoms with E-state index in [0.717, 1.165) is 23.8 Å². The van der Waals surface area contributed by atoms with Gasteiger partial charge in [-0.2, -0.15) is 4.98 Å². The summed E-state index contributed by atoms with van der Waals surface area (Å²) in [5, 5.41) is 0.271. The van der Waals surface area contributed by atoms with E-state index >= 15 is 0 Å². The summed E-state index contributed by atoms with van der Waals surface area (Å²) in [6.45, 7) is 10.8. The molecule has 0 amide bonds. The molecule has 1 aromatic heterocycles. The van der Waals surface area contributed by atoms with E-state index in [2.05, 4.69) is 66.7 Å². The lowest BCUT2D eigenvalue weighted by molar-refractivity contribution is 0.516. The van der Waals surface area contributed by atoms with Crippen LogP contribution in [0.5, 0.6) is 0 Å². The van der Waals surface area contributed by atoms with Gasteiger partial charge in [0.1, 0.15) is 11.5 Å². The van der Waals surface area contributed by atoms with Gasteiger partial charge in [0.2, 0.25) is 5.28 Å². The third-order valence-electron chi connectivity index (χ3n) is 4.18. The van der Waals surface area contributed by atoms with Crippen molar-refractivity contribution in [2.24, 2.45) is 4.99 Å². The van der Waals surface area contributed by atoms with E-state index in [0.29, 0.717) is 0 Å². The quantitative estimate of drug-likeness (QED) is 0.741. The van der Waals surface area contributed by atoms with E-state index in [1.807, 2.05) is 0 Å². The largest absolute Gasteiger partial charge is 0.340 e. The van der Waals surface area contributed by atoms with E-state index < -0.39 is 0 Å². The van der Waals surface area contributed by atoms with Crippen LogP contribution < -0.4 is 9.80 Å². The van der Waals surface area contributed by atoms with Crippen LogP contribution in [0.3, 0.4) is 0 Å². The van der Waals surface area contributed by atoms with Gasteiger partial charge in [0.15, 0.2) is 5.82 Å². The number of amidine groups is 1. The Morgan fingerprint density at radius 3 is 2.77 bits per heavy atom. The minimum absolute atomic E-state index is 0.263. The van der Waals surface area contributed by atoms with Crippen molar-refractivity contribution in [3.05, 3.63) is 23.8 Å². The fourth-order valence-corrected chi connectivity index (χ4v) is 3.49. The molecule has 1 atom stereocenters. The lowest BCUT2D eigenvalue weighted by Crippen LogP contribution is -2.61. The fraction of sp³-hybridized carbons (Fsp3) is 0.562. The maximum absolute atomic E-state index is 6.05. The molecular formula is C16H22ClN5. The first-order valence-corrected chi connectivity index (χ1v) is 8.06. The van der Waals surface area contributed by atoms with E-state index in [9.17, 15) is 0 Å². The van der Waals surface area contributed by atoms with Gasteiger partial charge >= 0.3 is 0 Å². The Morgan fingerprint density at radius 1 is 1.36 bits per heavy atom. The maximum atomic E-state index is 6.05. The van der Waals surface area contributed by atoms with E-state index in [-0.39, 0.29) is 22.9 Å². The Bertz CT molecular complexity index is 650. The number of hydrogen-bond acceptors (Lipinski definition) is 5. The average Bonchev–Trinajstić information content (AvgIpc) is 2.60. The molecule has 0 saturated heterocycles. The van der Waals surface area contributed by atoms with E-state index in [1.54, 1.807) is 6.20 Å². The predicted molar refractivity (Wildman–Crippen MR) is 91.9 cm³/mol. The van der Waals surface area contributed by atoms with Gasteiger partial charge in [-0.25, -0.2) is 4.98 Å². The van der Waals surface area contributed by atoms with Gasteiger partial charge < -0.3 is 4.90 Å². The van der Waals surface area contributed by atoms with Gasteiger partial charge in [-0.15, -0.1) is 0 Å². The van der Waals surface area contributed by atoms with Crippen LogP contribution in [-0.4, -0.2) is 33.4 Å². The number of anilines is 2. The average molecular weight is 320 g/mol. The van der Waals surface area contributed by atoms with Gasteiger partial charge in [-0.1, -0.05) is 6.08 Å². The number of aliphatic imine (C=N–C) groups is 1. The molecule has 3 rings (SSSR count). The molecule has 1 unspecified atom stereocenters. The van der Waals surface area contributed by atoms with Crippen molar-refractivity contribution in [1.29, 1.82) is 0 Å². The summed E-state index contributed by atoms with van der Waals surface area (Å²) in [6.07, 6.45) is 6.95. The standard InChI is InChI=1S/C16H22ClN5/c1-10(2)22-13-12(9-18-15(17)20-13)21-8-6-7-11(3)19-14(21)16(22,4)5/h6,8-11H,7H2,1-5H3. The number of aromatic nitrogens is 2. The number of rotatable bonds is 1. The highest BCUT2D eigenvalue weighted by atomic mass is 35.5. The molecule has 3 heterocycles. The second-order valence-electron chi connectivity index (χ2n) is 6.66. The van der Waals surface area contributed by atoms with Gasteiger partial charge in [-0.3, -0.25) is 9.89 Å². The maximum Gasteiger partial charge on any atom is 0.224 e. The van der Waals surface area contributed by atoms with Crippen molar-refractivity contribution >= 4 is 28.9 Å². The van der Waals surface area contributed by atoms with Crippen LogP contribution in [0.25, 0.3) is 0 Å². The molecule has 1 aromatic rings. The Hall–Kier alpha value is -1.62. The molecule has 22 heavy (non-hydrogen) atoms. The number of nitrogens with zero attached hydrogens (tertiary/aromatic N) is 5. The van der Waals surface area contributed by atoms with Crippen LogP contribution in [0.15, 0.2) is 23.5 Å². The molecule has 118 valence electrons. The van der Waals surface area contributed by atoms with Crippen molar-refractivity contribution in [1.82, 2.24) is 9.97 Å². The molecule has 0 spiro atoms. The van der Waals surface area contributed by atoms with Crippen molar-refractivity contribution in [3.63, 3.8) is 0 Å². The lowest BCUT2D eigenvalue weighted by Gasteiger charge is -2.50. The second kappa shape index (κ2) is 5.23. The lowest BCUT2D eigenvalue weighted by atomic mass is 9.94. The first-order chi connectivity index (χ1) is 10.3. The number of hydrogen-bond donors (Lipinski definition) is 0. The van der Waals surface area contributed by atoms with Crippen LogP contribution >= 0.6 is 11.6 Å². The smallest absolute Gasteiger partial charge is 0.224 e. The van der Waals surface area contributed by atoms with Crippen LogP contribution in [0.4, 0.5) is 11.5 Å². The summed E-state index contributed by atoms with van der Waals surface area (Å²) < 4.78 is 0. The molecule has 2 aliphatic heterocycles. The van der Waals surface area contributed by atoms with Gasteiger partial charge in [0, 0.05) is 12.2 Å². The van der Waals surface area contributed by atoms with Crippen LogP contribution in [0, 0.1) is 0 Å². The van der Waals surface area contributed by atoms with Crippen molar-refractivity contribution in [2.45, 2.75) is 58.7 Å². The first-order valence-electron chi connectivity index (χ1n) is 7.68. The van der Waals surface area contributed by atoms with E-state index in [1.165, 1.54) is 0 Å². The molecular weight excluding hydrogens is 298 g/mol. The zero-order valence-corrected chi connectivity index (χ0v) is 14.5. The molecule has 5 nitrogen and oxygen atoms in total. The zero-order chi connectivity index (χ0) is 16.1. The Balaban J connectivity index is 2.28. The molecule has 6 heteroatoms. The monoisotopic (exact) mass is 319 g/mol. The highest BCUT2D eigenvalue weighted by Gasteiger charge is 2.45. The van der Waals surface area contributed by atoms with Crippen molar-refractivity contribution in [2.75, 3.05) is 9.80 Å². The first kappa shape index (κ1) is 15.3. The van der Waals surface area contributed by atoms with Crippen LogP contribution in [0.1, 0.15) is 41.0 Å². The third kappa shape index (κ3) is 2.28. The molecule has 0 radical (unpaired) electrons. The van der Waals surface area contributed by atoms with Crippen molar-refractivity contribution in [3.8, 4) is 0 Å². The summed E-state index contributed by atoms with van der Waals surface area (Å²) in [7, 11) is 0. The molecule has 0 fully saturated rings. The summed E-state index contributed by atoms with van der Waals surface area (Å²) in [4.78, 5) is 18.0. The normalized spacial score (nSPS) is 23.0. The minimum atomic E-state index is -0.276. The molecule has 0 N–H and O–H groups in total. The molecule has 0 saturated carbocycles. The summed E-state index contributed by atoms with van der Waals surface area (Å²) in [5.74, 6) is 1.89. The predicted octanol–water partition coefficient (Wildman–Crippen LogP) is 3.65. The molecule has 2 aliphatic rings. The van der Waals surface area contributed by atoms with E-state index in [4.69, 9.17) is 16.6 Å². The minimum Gasteiger partial charge on any atom is -0.340 e. The number of fused-ring (bicyclic) bond motifs is 3. The van der Waals surface area contributed by atoms with Crippen LogP contribution in [0.2, 0.25) is 5.28 Å². The third-order valence-corrected chi connectivity index (χ3v) is 4.36. The van der Waals surface area contributed by atoms with Gasteiger partial charge in [0.05, 0.1) is 17.8 Å². The molecule has 0 aliphatic carbocycles. The second-order valence-corrected chi connectivity index (χ2v) is 7.00. The zero-order valence-electron chi connectivity index (χ0n) is 13.7. The molecule has 0 aromatic carbocycles. The Labute approximate surface area is 136 Å². The highest BCUT2D eigenvalue weighted by Crippen LogP contribution is 2.42. The SMILES string of the molecule is CC1CC=CN2C(=N1)C(C)(C)N(C(C)C)c1nc(Cl)ncc12. The molecule has 0 bridgehead atoms. The van der Waals surface area contributed by atoms with Gasteiger partial charge in [0.25, 0.3) is 0 Å². The summed E-state index contributed by atoms with van der Waals surface area (Å²) in [5.41, 5.74) is 0.656. The fourth-order valence-electron chi connectivity index (χ4n) is 3.36. The van der Waals surface area contributed by atoms with Crippen molar-refractivity contribution < 1.29 is 0 Å². The topological polar surface area (TPSA) is 44.6 Å². The Kier molecular flexibility index (Phi) is 3.63. The summed E-state index contributed by atoms with van der Waals surface area (Å²) in [6, 6.07) is 0.534. The van der Waals surface area contributed by atoms with Crippen LogP contribution in [-0.2, 0) is 0 Å².